The van der Waals surface area contributed by atoms with E-state index in [-0.39, 0.29) is 18.4 Å². The number of hydrogen-bond acceptors (Lipinski definition) is 3. The fourth-order valence-corrected chi connectivity index (χ4v) is 4.21. The maximum Gasteiger partial charge on any atom is 0.313 e. The van der Waals surface area contributed by atoms with Crippen molar-refractivity contribution < 1.29 is 14.6 Å². The highest BCUT2D eigenvalue weighted by atomic mass is 35.5. The van der Waals surface area contributed by atoms with Gasteiger partial charge in [0.1, 0.15) is 5.75 Å². The van der Waals surface area contributed by atoms with E-state index < -0.39 is 11.4 Å². The van der Waals surface area contributed by atoms with Gasteiger partial charge in [0.25, 0.3) is 0 Å². The number of ether oxygens (including phenoxy) is 1. The molecule has 4 nitrogen and oxygen atoms in total. The number of carboxylic acids is 1. The van der Waals surface area contributed by atoms with Crippen molar-refractivity contribution in [2.75, 3.05) is 7.11 Å². The molecule has 0 aliphatic heterocycles. The Hall–Kier alpha value is -3.34. The highest BCUT2D eigenvalue weighted by Crippen LogP contribution is 2.33. The van der Waals surface area contributed by atoms with Gasteiger partial charge < -0.3 is 15.2 Å². The predicted molar refractivity (Wildman–Crippen MR) is 146 cm³/mol. The number of carbonyl (C=O) groups is 1. The van der Waals surface area contributed by atoms with Crippen LogP contribution < -0.4 is 10.1 Å². The smallest absolute Gasteiger partial charge is 0.313 e. The molecule has 4 rings (SSSR count). The first-order valence-electron chi connectivity index (χ1n) is 11.5. The van der Waals surface area contributed by atoms with Gasteiger partial charge in [0.05, 0.1) is 12.5 Å². The average Bonchev–Trinajstić information content (AvgIpc) is 2.86. The second kappa shape index (κ2) is 10.9. The molecular formula is C30H32ClNO3. The Morgan fingerprint density at radius 2 is 1.71 bits per heavy atom. The van der Waals surface area contributed by atoms with E-state index in [9.17, 15) is 9.90 Å². The van der Waals surface area contributed by atoms with Crippen molar-refractivity contribution in [1.82, 2.24) is 5.32 Å². The molecular weight excluding hydrogens is 458 g/mol. The molecule has 0 aromatic heterocycles. The summed E-state index contributed by atoms with van der Waals surface area (Å²) in [4.78, 5) is 11.8. The van der Waals surface area contributed by atoms with Crippen LogP contribution in [-0.4, -0.2) is 18.2 Å². The Kier molecular flexibility index (Phi) is 8.21. The number of halogens is 1. The maximum absolute atomic E-state index is 11.8. The molecule has 0 bridgehead atoms. The van der Waals surface area contributed by atoms with E-state index in [0.29, 0.717) is 6.54 Å². The SMILES string of the molecule is COc1cccc([C@@H](C)NCc2cc(-c3cccc(C(C)(C)C(=O)O)c3)c3ccccc3c2)c1.Cl. The molecule has 1 atom stereocenters. The molecule has 35 heavy (non-hydrogen) atoms. The minimum Gasteiger partial charge on any atom is -0.497 e. The third-order valence-corrected chi connectivity index (χ3v) is 6.56. The van der Waals surface area contributed by atoms with Gasteiger partial charge in [0, 0.05) is 12.6 Å². The summed E-state index contributed by atoms with van der Waals surface area (Å²) in [6.07, 6.45) is 0. The fraction of sp³-hybridized carbons (Fsp3) is 0.233. The molecule has 0 unspecified atom stereocenters. The molecule has 0 spiro atoms. The molecule has 5 heteroatoms. The quantitative estimate of drug-likeness (QED) is 0.276. The summed E-state index contributed by atoms with van der Waals surface area (Å²) in [7, 11) is 1.68. The molecule has 0 fully saturated rings. The van der Waals surface area contributed by atoms with Crippen molar-refractivity contribution in [3.8, 4) is 16.9 Å². The van der Waals surface area contributed by atoms with Crippen LogP contribution in [-0.2, 0) is 16.8 Å². The van der Waals surface area contributed by atoms with Gasteiger partial charge in [0.15, 0.2) is 0 Å². The van der Waals surface area contributed by atoms with Crippen LogP contribution in [0.4, 0.5) is 0 Å². The van der Waals surface area contributed by atoms with Crippen LogP contribution >= 0.6 is 12.4 Å². The van der Waals surface area contributed by atoms with Crippen LogP contribution in [0.5, 0.6) is 5.75 Å². The van der Waals surface area contributed by atoms with Gasteiger partial charge in [-0.15, -0.1) is 12.4 Å². The number of benzene rings is 4. The standard InChI is InChI=1S/C30H31NO3.ClH/c1-20(22-10-8-13-26(18-22)34-4)31-19-21-15-23-9-5-6-14-27(23)28(16-21)24-11-7-12-25(17-24)30(2,3)29(32)33;/h5-18,20,31H,19H2,1-4H3,(H,32,33);1H/t20-;/m1./s1. The summed E-state index contributed by atoms with van der Waals surface area (Å²) in [6.45, 7) is 6.34. The topological polar surface area (TPSA) is 58.6 Å². The number of aliphatic carboxylic acids is 1. The van der Waals surface area contributed by atoms with Crippen LogP contribution in [0.2, 0.25) is 0 Å². The Balaban J connectivity index is 0.00000342. The normalized spacial score (nSPS) is 12.1. The first-order valence-corrected chi connectivity index (χ1v) is 11.5. The van der Waals surface area contributed by atoms with Gasteiger partial charge in [-0.2, -0.15) is 0 Å². The second-order valence-electron chi connectivity index (χ2n) is 9.25. The van der Waals surface area contributed by atoms with Crippen molar-refractivity contribution in [2.45, 2.75) is 38.8 Å². The number of carboxylic acid groups (broad SMARTS) is 1. The summed E-state index contributed by atoms with van der Waals surface area (Å²) < 4.78 is 5.36. The first kappa shape index (κ1) is 26.3. The van der Waals surface area contributed by atoms with E-state index in [4.69, 9.17) is 4.74 Å². The molecule has 0 heterocycles. The van der Waals surface area contributed by atoms with Gasteiger partial charge in [-0.25, -0.2) is 0 Å². The van der Waals surface area contributed by atoms with Crippen molar-refractivity contribution in [3.05, 3.63) is 102 Å². The van der Waals surface area contributed by atoms with Crippen LogP contribution in [0.1, 0.15) is 43.5 Å². The molecule has 0 aliphatic rings. The third kappa shape index (κ3) is 5.67. The Bertz CT molecular complexity index is 1330. The zero-order chi connectivity index (χ0) is 24.3. The largest absolute Gasteiger partial charge is 0.497 e. The van der Waals surface area contributed by atoms with Gasteiger partial charge in [-0.05, 0) is 83.6 Å². The molecule has 4 aromatic carbocycles. The lowest BCUT2D eigenvalue weighted by atomic mass is 9.83. The highest BCUT2D eigenvalue weighted by Gasteiger charge is 2.29. The number of fused-ring (bicyclic) bond motifs is 1. The molecule has 182 valence electrons. The minimum atomic E-state index is -0.961. The summed E-state index contributed by atoms with van der Waals surface area (Å²) in [5.74, 6) is 0.0160. The summed E-state index contributed by atoms with van der Waals surface area (Å²) in [5.41, 5.74) is 4.29. The molecule has 0 amide bonds. The van der Waals surface area contributed by atoms with E-state index in [1.807, 2.05) is 42.5 Å². The molecule has 2 N–H and O–H groups in total. The number of methoxy groups -OCH3 is 1. The van der Waals surface area contributed by atoms with Gasteiger partial charge in [-0.1, -0.05) is 60.7 Å². The lowest BCUT2D eigenvalue weighted by molar-refractivity contribution is -0.142. The van der Waals surface area contributed by atoms with E-state index >= 15 is 0 Å². The van der Waals surface area contributed by atoms with Crippen molar-refractivity contribution in [2.24, 2.45) is 0 Å². The number of hydrogen-bond donors (Lipinski definition) is 2. The Morgan fingerprint density at radius 1 is 0.971 bits per heavy atom. The number of nitrogens with one attached hydrogen (secondary N) is 1. The van der Waals surface area contributed by atoms with E-state index in [2.05, 4.69) is 54.7 Å². The second-order valence-corrected chi connectivity index (χ2v) is 9.25. The van der Waals surface area contributed by atoms with E-state index in [1.165, 1.54) is 11.1 Å². The van der Waals surface area contributed by atoms with Gasteiger partial charge in [-0.3, -0.25) is 4.79 Å². The monoisotopic (exact) mass is 489 g/mol. The molecule has 0 saturated heterocycles. The van der Waals surface area contributed by atoms with Crippen LogP contribution in [0, 0.1) is 0 Å². The summed E-state index contributed by atoms with van der Waals surface area (Å²) in [6, 6.07) is 28.9. The van der Waals surface area contributed by atoms with E-state index in [1.54, 1.807) is 21.0 Å². The summed E-state index contributed by atoms with van der Waals surface area (Å²) in [5, 5.41) is 15.6. The lowest BCUT2D eigenvalue weighted by Crippen LogP contribution is -2.28. The summed E-state index contributed by atoms with van der Waals surface area (Å²) >= 11 is 0. The Morgan fingerprint density at radius 3 is 2.46 bits per heavy atom. The lowest BCUT2D eigenvalue weighted by Gasteiger charge is -2.21. The van der Waals surface area contributed by atoms with Crippen LogP contribution in [0.25, 0.3) is 21.9 Å². The molecule has 0 aliphatic carbocycles. The first-order chi connectivity index (χ1) is 16.3. The van der Waals surface area contributed by atoms with Crippen molar-refractivity contribution in [1.29, 1.82) is 0 Å². The zero-order valence-electron chi connectivity index (χ0n) is 20.5. The highest BCUT2D eigenvalue weighted by molar-refractivity contribution is 5.97. The Labute approximate surface area is 213 Å². The predicted octanol–water partition coefficient (Wildman–Crippen LogP) is 7.15. The maximum atomic E-state index is 11.8. The van der Waals surface area contributed by atoms with Gasteiger partial charge in [0.2, 0.25) is 0 Å². The fourth-order valence-electron chi connectivity index (χ4n) is 4.21. The third-order valence-electron chi connectivity index (χ3n) is 6.56. The zero-order valence-corrected chi connectivity index (χ0v) is 21.4. The molecule has 4 aromatic rings. The van der Waals surface area contributed by atoms with Gasteiger partial charge >= 0.3 is 5.97 Å². The van der Waals surface area contributed by atoms with Crippen LogP contribution in [0.3, 0.4) is 0 Å². The van der Waals surface area contributed by atoms with Crippen molar-refractivity contribution >= 4 is 29.1 Å². The van der Waals surface area contributed by atoms with E-state index in [0.717, 1.165) is 33.2 Å². The molecule has 0 saturated carbocycles. The molecule has 0 radical (unpaired) electrons. The average molecular weight is 490 g/mol. The minimum absolute atomic E-state index is 0. The van der Waals surface area contributed by atoms with Crippen LogP contribution in [0.15, 0.2) is 84.9 Å². The van der Waals surface area contributed by atoms with Crippen molar-refractivity contribution in [3.63, 3.8) is 0 Å². The number of rotatable bonds is 8.